The minimum atomic E-state index is -0.691. The smallest absolute Gasteiger partial charge is 0.261 e. The molecule has 1 aliphatic rings. The van der Waals surface area contributed by atoms with Gasteiger partial charge in [0, 0.05) is 19.0 Å². The van der Waals surface area contributed by atoms with Gasteiger partial charge in [0.1, 0.15) is 11.6 Å². The third-order valence-corrected chi connectivity index (χ3v) is 6.54. The molecule has 0 unspecified atom stereocenters. The predicted molar refractivity (Wildman–Crippen MR) is 138 cm³/mol. The minimum Gasteiger partial charge on any atom is -0.481 e. The fourth-order valence-electron chi connectivity index (χ4n) is 4.67. The zero-order chi connectivity index (χ0) is 25.7. The van der Waals surface area contributed by atoms with E-state index in [-0.39, 0.29) is 36.1 Å². The quantitative estimate of drug-likeness (QED) is 0.460. The van der Waals surface area contributed by atoms with Gasteiger partial charge in [-0.25, -0.2) is 4.39 Å². The van der Waals surface area contributed by atoms with Crippen molar-refractivity contribution in [1.29, 1.82) is 0 Å². The first kappa shape index (κ1) is 25.4. The molecule has 188 valence electrons. The number of carbonyl (C=O) groups excluding carboxylic acids is 2. The van der Waals surface area contributed by atoms with Crippen LogP contribution >= 0.6 is 0 Å². The number of rotatable bonds is 8. The van der Waals surface area contributed by atoms with E-state index in [9.17, 15) is 14.0 Å². The summed E-state index contributed by atoms with van der Waals surface area (Å²) in [6.07, 6.45) is 0.554. The van der Waals surface area contributed by atoms with Crippen molar-refractivity contribution in [3.05, 3.63) is 101 Å². The van der Waals surface area contributed by atoms with Crippen LogP contribution in [0.5, 0.6) is 5.75 Å². The molecule has 1 aliphatic heterocycles. The number of benzene rings is 3. The second-order valence-corrected chi connectivity index (χ2v) is 9.47. The molecule has 6 heteroatoms. The number of nitrogens with one attached hydrogen (secondary N) is 1. The third-order valence-electron chi connectivity index (χ3n) is 6.54. The van der Waals surface area contributed by atoms with Crippen LogP contribution in [0.2, 0.25) is 0 Å². The first-order valence-corrected chi connectivity index (χ1v) is 12.5. The molecule has 1 heterocycles. The van der Waals surface area contributed by atoms with Crippen molar-refractivity contribution in [1.82, 2.24) is 10.2 Å². The van der Waals surface area contributed by atoms with Gasteiger partial charge in [-0.2, -0.15) is 0 Å². The van der Waals surface area contributed by atoms with Crippen LogP contribution in [0, 0.1) is 11.7 Å². The Kier molecular flexibility index (Phi) is 8.04. The number of halogens is 1. The Labute approximate surface area is 212 Å². The Morgan fingerprint density at radius 1 is 1.06 bits per heavy atom. The normalized spacial score (nSPS) is 15.8. The van der Waals surface area contributed by atoms with E-state index in [1.165, 1.54) is 17.7 Å². The van der Waals surface area contributed by atoms with E-state index >= 15 is 0 Å². The van der Waals surface area contributed by atoms with E-state index in [1.54, 1.807) is 12.1 Å². The van der Waals surface area contributed by atoms with E-state index in [0.717, 1.165) is 17.5 Å². The summed E-state index contributed by atoms with van der Waals surface area (Å²) in [5.41, 5.74) is 3.93. The molecule has 0 bridgehead atoms. The SMILES string of the molecule is CC[C@H](Oc1ccc2c(c1)[C@@H](c1ccccc1)N(C(=O)C(C)C)CC2)C(=O)NCc1cccc(F)c1. The van der Waals surface area contributed by atoms with Crippen LogP contribution in [0.3, 0.4) is 0 Å². The summed E-state index contributed by atoms with van der Waals surface area (Å²) in [6, 6.07) is 21.9. The van der Waals surface area contributed by atoms with Crippen molar-refractivity contribution in [3.8, 4) is 5.75 Å². The molecule has 0 saturated heterocycles. The molecule has 0 aromatic heterocycles. The maximum atomic E-state index is 13.5. The first-order chi connectivity index (χ1) is 17.4. The van der Waals surface area contributed by atoms with Crippen molar-refractivity contribution in [3.63, 3.8) is 0 Å². The molecule has 1 N–H and O–H groups in total. The van der Waals surface area contributed by atoms with Crippen LogP contribution in [0.15, 0.2) is 72.8 Å². The fraction of sp³-hybridized carbons (Fsp3) is 0.333. The zero-order valence-corrected chi connectivity index (χ0v) is 21.0. The molecular formula is C30H33FN2O3. The average Bonchev–Trinajstić information content (AvgIpc) is 2.89. The lowest BCUT2D eigenvalue weighted by Crippen LogP contribution is -2.42. The lowest BCUT2D eigenvalue weighted by Gasteiger charge is -2.39. The van der Waals surface area contributed by atoms with Crippen LogP contribution in [0.25, 0.3) is 0 Å². The highest BCUT2D eigenvalue weighted by atomic mass is 19.1. The Bertz CT molecular complexity index is 1210. The van der Waals surface area contributed by atoms with Crippen molar-refractivity contribution in [2.75, 3.05) is 6.54 Å². The topological polar surface area (TPSA) is 58.6 Å². The van der Waals surface area contributed by atoms with Crippen molar-refractivity contribution in [2.45, 2.75) is 52.3 Å². The maximum absolute atomic E-state index is 13.5. The highest BCUT2D eigenvalue weighted by Gasteiger charge is 2.33. The molecule has 2 amide bonds. The van der Waals surface area contributed by atoms with E-state index in [1.807, 2.05) is 74.2 Å². The molecule has 0 fully saturated rings. The van der Waals surface area contributed by atoms with Gasteiger partial charge in [-0.05, 0) is 59.4 Å². The third kappa shape index (κ3) is 5.76. The summed E-state index contributed by atoms with van der Waals surface area (Å²) in [6.45, 7) is 6.62. The lowest BCUT2D eigenvalue weighted by molar-refractivity contribution is -0.136. The van der Waals surface area contributed by atoms with Gasteiger partial charge in [0.25, 0.3) is 5.91 Å². The Hall–Kier alpha value is -3.67. The van der Waals surface area contributed by atoms with Gasteiger partial charge in [0.2, 0.25) is 5.91 Å². The van der Waals surface area contributed by atoms with Gasteiger partial charge in [0.05, 0.1) is 6.04 Å². The number of hydrogen-bond donors (Lipinski definition) is 1. The van der Waals surface area contributed by atoms with Gasteiger partial charge < -0.3 is 15.0 Å². The standard InChI is InChI=1S/C30H33FN2O3/c1-4-27(29(34)32-19-21-9-8-12-24(31)17-21)36-25-14-13-22-15-16-33(30(35)20(2)3)28(26(22)18-25)23-10-6-5-7-11-23/h5-14,17-18,20,27-28H,4,15-16,19H2,1-3H3,(H,32,34)/t27-,28+/m0/s1. The monoisotopic (exact) mass is 488 g/mol. The number of nitrogens with zero attached hydrogens (tertiary/aromatic N) is 1. The number of hydrogen-bond acceptors (Lipinski definition) is 3. The summed E-state index contributed by atoms with van der Waals surface area (Å²) in [7, 11) is 0. The molecule has 3 aromatic rings. The summed E-state index contributed by atoms with van der Waals surface area (Å²) in [5.74, 6) is 0.00138. The molecule has 0 spiro atoms. The number of amides is 2. The van der Waals surface area contributed by atoms with E-state index < -0.39 is 6.10 Å². The van der Waals surface area contributed by atoms with E-state index in [2.05, 4.69) is 5.32 Å². The Morgan fingerprint density at radius 3 is 2.53 bits per heavy atom. The highest BCUT2D eigenvalue weighted by Crippen LogP contribution is 2.38. The Balaban J connectivity index is 1.56. The van der Waals surface area contributed by atoms with Crippen LogP contribution < -0.4 is 10.1 Å². The van der Waals surface area contributed by atoms with Gasteiger partial charge in [0.15, 0.2) is 6.10 Å². The maximum Gasteiger partial charge on any atom is 0.261 e. The van der Waals surface area contributed by atoms with E-state index in [0.29, 0.717) is 24.3 Å². The molecule has 4 rings (SSSR count). The first-order valence-electron chi connectivity index (χ1n) is 12.5. The molecule has 5 nitrogen and oxygen atoms in total. The van der Waals surface area contributed by atoms with Crippen molar-refractivity contribution < 1.29 is 18.7 Å². The summed E-state index contributed by atoms with van der Waals surface area (Å²) >= 11 is 0. The number of fused-ring (bicyclic) bond motifs is 1. The predicted octanol–water partition coefficient (Wildman–Crippen LogP) is 5.43. The molecular weight excluding hydrogens is 455 g/mol. The van der Waals surface area contributed by atoms with Crippen LogP contribution in [-0.2, 0) is 22.6 Å². The molecule has 3 aromatic carbocycles. The van der Waals surface area contributed by atoms with Gasteiger partial charge in [-0.3, -0.25) is 9.59 Å². The van der Waals surface area contributed by atoms with Crippen LogP contribution in [0.4, 0.5) is 4.39 Å². The number of carbonyl (C=O) groups is 2. The van der Waals surface area contributed by atoms with Crippen LogP contribution in [0.1, 0.15) is 55.5 Å². The summed E-state index contributed by atoms with van der Waals surface area (Å²) in [5, 5.41) is 2.85. The molecule has 0 radical (unpaired) electrons. The average molecular weight is 489 g/mol. The Morgan fingerprint density at radius 2 is 1.83 bits per heavy atom. The van der Waals surface area contributed by atoms with Crippen molar-refractivity contribution >= 4 is 11.8 Å². The van der Waals surface area contributed by atoms with Crippen LogP contribution in [-0.4, -0.2) is 29.4 Å². The molecule has 2 atom stereocenters. The molecule has 0 aliphatic carbocycles. The lowest BCUT2D eigenvalue weighted by atomic mass is 9.87. The van der Waals surface area contributed by atoms with Gasteiger partial charge >= 0.3 is 0 Å². The van der Waals surface area contributed by atoms with E-state index in [4.69, 9.17) is 4.74 Å². The van der Waals surface area contributed by atoms with Crippen molar-refractivity contribution in [2.24, 2.45) is 5.92 Å². The second kappa shape index (κ2) is 11.4. The minimum absolute atomic E-state index is 0.108. The van der Waals surface area contributed by atoms with Gasteiger partial charge in [-0.15, -0.1) is 0 Å². The largest absolute Gasteiger partial charge is 0.481 e. The number of ether oxygens (including phenoxy) is 1. The molecule has 36 heavy (non-hydrogen) atoms. The zero-order valence-electron chi connectivity index (χ0n) is 21.0. The fourth-order valence-corrected chi connectivity index (χ4v) is 4.67. The van der Waals surface area contributed by atoms with Gasteiger partial charge in [-0.1, -0.05) is 69.3 Å². The summed E-state index contributed by atoms with van der Waals surface area (Å²) < 4.78 is 19.6. The molecule has 0 saturated carbocycles. The summed E-state index contributed by atoms with van der Waals surface area (Å²) in [4.78, 5) is 27.9. The second-order valence-electron chi connectivity index (χ2n) is 9.47. The highest BCUT2D eigenvalue weighted by molar-refractivity contribution is 5.81.